The minimum absolute atomic E-state index is 0.0603. The molecule has 0 unspecified atom stereocenters. The minimum atomic E-state index is -0.767. The Kier molecular flexibility index (Phi) is 5.06. The molecular formula is C22H27NO5. The fraction of sp³-hybridized carbons (Fsp3) is 0.500. The number of nitrogens with zero attached hydrogens (tertiary/aromatic N) is 1. The lowest BCUT2D eigenvalue weighted by Crippen LogP contribution is -2.56. The predicted octanol–water partition coefficient (Wildman–Crippen LogP) is 3.81. The molecule has 1 amide bonds. The predicted molar refractivity (Wildman–Crippen MR) is 104 cm³/mol. The van der Waals surface area contributed by atoms with E-state index in [1.807, 2.05) is 23.1 Å². The van der Waals surface area contributed by atoms with Gasteiger partial charge in [-0.1, -0.05) is 12.8 Å². The number of hydrogen-bond donors (Lipinski definition) is 1. The summed E-state index contributed by atoms with van der Waals surface area (Å²) in [5.41, 5.74) is 0.100. The van der Waals surface area contributed by atoms with Gasteiger partial charge in [-0.3, -0.25) is 4.79 Å². The number of methoxy groups -OCH3 is 2. The summed E-state index contributed by atoms with van der Waals surface area (Å²) in [6.45, 7) is 0.470. The van der Waals surface area contributed by atoms with E-state index in [1.54, 1.807) is 26.4 Å². The molecule has 1 aromatic carbocycles. The van der Waals surface area contributed by atoms with Crippen molar-refractivity contribution in [3.8, 4) is 11.5 Å². The number of aliphatic hydroxyl groups is 1. The van der Waals surface area contributed by atoms with Gasteiger partial charge in [0.25, 0.3) is 5.91 Å². The van der Waals surface area contributed by atoms with Gasteiger partial charge in [0.2, 0.25) is 0 Å². The second-order valence-electron chi connectivity index (χ2n) is 7.73. The molecule has 1 aromatic heterocycles. The molecule has 2 fully saturated rings. The monoisotopic (exact) mass is 385 g/mol. The van der Waals surface area contributed by atoms with Gasteiger partial charge in [0, 0.05) is 18.0 Å². The number of piperidine rings is 1. The summed E-state index contributed by atoms with van der Waals surface area (Å²) in [5, 5.41) is 11.4. The Bertz CT molecular complexity index is 833. The number of benzene rings is 1. The summed E-state index contributed by atoms with van der Waals surface area (Å²) < 4.78 is 16.5. The van der Waals surface area contributed by atoms with Gasteiger partial charge in [-0.2, -0.15) is 0 Å². The maximum atomic E-state index is 13.3. The largest absolute Gasteiger partial charge is 0.497 e. The molecule has 6 heteroatoms. The van der Waals surface area contributed by atoms with Crippen LogP contribution in [0.2, 0.25) is 0 Å². The fourth-order valence-corrected chi connectivity index (χ4v) is 4.91. The molecule has 1 aliphatic carbocycles. The van der Waals surface area contributed by atoms with Crippen LogP contribution in [0.4, 0.5) is 0 Å². The topological polar surface area (TPSA) is 72.1 Å². The van der Waals surface area contributed by atoms with E-state index >= 15 is 0 Å². The summed E-state index contributed by atoms with van der Waals surface area (Å²) in [4.78, 5) is 15.1. The van der Waals surface area contributed by atoms with E-state index in [2.05, 4.69) is 0 Å². The van der Waals surface area contributed by atoms with E-state index in [1.165, 1.54) is 6.26 Å². The quantitative estimate of drug-likeness (QED) is 0.867. The highest BCUT2D eigenvalue weighted by Crippen LogP contribution is 2.51. The van der Waals surface area contributed by atoms with Crippen LogP contribution in [-0.4, -0.2) is 42.3 Å². The maximum Gasteiger partial charge on any atom is 0.290 e. The number of ether oxygens (including phenoxy) is 2. The molecule has 6 nitrogen and oxygen atoms in total. The fourth-order valence-electron chi connectivity index (χ4n) is 4.91. The zero-order valence-corrected chi connectivity index (χ0v) is 16.4. The third-order valence-electron chi connectivity index (χ3n) is 6.32. The first kappa shape index (κ1) is 18.9. The molecule has 0 bridgehead atoms. The van der Waals surface area contributed by atoms with Crippen LogP contribution in [0, 0.1) is 5.92 Å². The number of amides is 1. The summed E-state index contributed by atoms with van der Waals surface area (Å²) in [6.07, 6.45) is 5.77. The minimum Gasteiger partial charge on any atom is -0.497 e. The molecule has 0 radical (unpaired) electrons. The van der Waals surface area contributed by atoms with E-state index in [0.717, 1.165) is 31.2 Å². The highest BCUT2D eigenvalue weighted by atomic mass is 16.5. The van der Waals surface area contributed by atoms with Crippen LogP contribution < -0.4 is 9.47 Å². The normalized spacial score (nSPS) is 27.2. The SMILES string of the molecule is COc1ccc(OC)c([C@H]2[C@@H]3CCCC[C@@]3(O)CCN2C(=O)c2ccco2)c1. The highest BCUT2D eigenvalue weighted by molar-refractivity contribution is 5.92. The van der Waals surface area contributed by atoms with Crippen molar-refractivity contribution >= 4 is 5.91 Å². The second-order valence-corrected chi connectivity index (χ2v) is 7.73. The average molecular weight is 385 g/mol. The van der Waals surface area contributed by atoms with Crippen molar-refractivity contribution in [2.75, 3.05) is 20.8 Å². The van der Waals surface area contributed by atoms with Gasteiger partial charge < -0.3 is 23.9 Å². The Morgan fingerprint density at radius 1 is 1.21 bits per heavy atom. The van der Waals surface area contributed by atoms with Crippen LogP contribution in [0.5, 0.6) is 11.5 Å². The number of carbonyl (C=O) groups is 1. The summed E-state index contributed by atoms with van der Waals surface area (Å²) in [5.74, 6) is 1.49. The molecule has 2 heterocycles. The molecule has 0 spiro atoms. The van der Waals surface area contributed by atoms with Crippen LogP contribution in [0.1, 0.15) is 54.3 Å². The highest BCUT2D eigenvalue weighted by Gasteiger charge is 2.51. The first-order valence-electron chi connectivity index (χ1n) is 9.86. The van der Waals surface area contributed by atoms with Gasteiger partial charge >= 0.3 is 0 Å². The number of carbonyl (C=O) groups excluding carboxylic acids is 1. The standard InChI is InChI=1S/C22H27NO5/c1-26-15-8-9-18(27-2)16(14-15)20-17-6-3-4-10-22(17,25)11-12-23(20)21(24)19-7-5-13-28-19/h5,7-9,13-14,17,20,25H,3-4,6,10-12H2,1-2H3/t17-,20-,22+/m0/s1. The lowest BCUT2D eigenvalue weighted by molar-refractivity contribution is -0.115. The number of likely N-dealkylation sites (tertiary alicyclic amines) is 1. The summed E-state index contributed by atoms with van der Waals surface area (Å²) >= 11 is 0. The van der Waals surface area contributed by atoms with Crippen LogP contribution >= 0.6 is 0 Å². The van der Waals surface area contributed by atoms with Gasteiger partial charge in [0.15, 0.2) is 5.76 Å². The zero-order valence-electron chi connectivity index (χ0n) is 16.4. The molecular weight excluding hydrogens is 358 g/mol. The van der Waals surface area contributed by atoms with Gasteiger partial charge in [-0.15, -0.1) is 0 Å². The number of furan rings is 1. The van der Waals surface area contributed by atoms with E-state index in [0.29, 0.717) is 30.2 Å². The van der Waals surface area contributed by atoms with Crippen LogP contribution in [-0.2, 0) is 0 Å². The summed E-state index contributed by atoms with van der Waals surface area (Å²) in [6, 6.07) is 8.73. The van der Waals surface area contributed by atoms with Gasteiger partial charge in [0.1, 0.15) is 11.5 Å². The Morgan fingerprint density at radius 2 is 2.07 bits per heavy atom. The van der Waals surface area contributed by atoms with E-state index in [4.69, 9.17) is 13.9 Å². The second kappa shape index (κ2) is 7.51. The van der Waals surface area contributed by atoms with Crippen LogP contribution in [0.3, 0.4) is 0 Å². The van der Waals surface area contributed by atoms with Crippen LogP contribution in [0.25, 0.3) is 0 Å². The van der Waals surface area contributed by atoms with Gasteiger partial charge in [-0.25, -0.2) is 0 Å². The van der Waals surface area contributed by atoms with Crippen molar-refractivity contribution in [3.05, 3.63) is 47.9 Å². The number of fused-ring (bicyclic) bond motifs is 1. The first-order valence-corrected chi connectivity index (χ1v) is 9.86. The Morgan fingerprint density at radius 3 is 2.79 bits per heavy atom. The third-order valence-corrected chi connectivity index (χ3v) is 6.32. The molecule has 4 rings (SSSR count). The molecule has 1 aliphatic heterocycles. The molecule has 1 N–H and O–H groups in total. The van der Waals surface area contributed by atoms with E-state index in [9.17, 15) is 9.90 Å². The van der Waals surface area contributed by atoms with Crippen molar-refractivity contribution in [1.82, 2.24) is 4.90 Å². The van der Waals surface area contributed by atoms with Crippen LogP contribution in [0.15, 0.2) is 41.0 Å². The molecule has 1 saturated heterocycles. The lowest BCUT2D eigenvalue weighted by atomic mass is 9.66. The van der Waals surface area contributed by atoms with Crippen molar-refractivity contribution in [3.63, 3.8) is 0 Å². The van der Waals surface area contributed by atoms with Crippen molar-refractivity contribution in [2.45, 2.75) is 43.7 Å². The lowest BCUT2D eigenvalue weighted by Gasteiger charge is -2.52. The van der Waals surface area contributed by atoms with E-state index in [-0.39, 0.29) is 17.9 Å². The Labute approximate surface area is 165 Å². The number of hydrogen-bond acceptors (Lipinski definition) is 5. The molecule has 3 atom stereocenters. The Hall–Kier alpha value is -2.47. The molecule has 1 saturated carbocycles. The van der Waals surface area contributed by atoms with Gasteiger partial charge in [-0.05, 0) is 49.6 Å². The molecule has 2 aromatic rings. The first-order chi connectivity index (χ1) is 13.6. The van der Waals surface area contributed by atoms with Crippen molar-refractivity contribution < 1.29 is 23.8 Å². The smallest absolute Gasteiger partial charge is 0.290 e. The maximum absolute atomic E-state index is 13.3. The average Bonchev–Trinajstić information content (AvgIpc) is 3.26. The van der Waals surface area contributed by atoms with Gasteiger partial charge in [0.05, 0.1) is 32.1 Å². The molecule has 150 valence electrons. The third kappa shape index (κ3) is 3.15. The molecule has 2 aliphatic rings. The van der Waals surface area contributed by atoms with E-state index < -0.39 is 5.60 Å². The Balaban J connectivity index is 1.82. The molecule has 28 heavy (non-hydrogen) atoms. The summed E-state index contributed by atoms with van der Waals surface area (Å²) in [7, 11) is 3.25. The number of rotatable bonds is 4. The van der Waals surface area contributed by atoms with Crippen molar-refractivity contribution in [2.24, 2.45) is 5.92 Å². The zero-order chi connectivity index (χ0) is 19.7. The van der Waals surface area contributed by atoms with Crippen molar-refractivity contribution in [1.29, 1.82) is 0 Å².